The molecule has 2 aliphatic rings. The lowest BCUT2D eigenvalue weighted by Crippen LogP contribution is -2.37. The molecular formula is C27H24FN3O2S. The minimum atomic E-state index is -0.792. The number of pyridine rings is 1. The van der Waals surface area contributed by atoms with Crippen LogP contribution in [0.25, 0.3) is 0 Å². The van der Waals surface area contributed by atoms with Crippen LogP contribution in [0.2, 0.25) is 0 Å². The van der Waals surface area contributed by atoms with Gasteiger partial charge in [0.2, 0.25) is 0 Å². The number of hydrogen-bond donors (Lipinski definition) is 2. The maximum Gasteiger partial charge on any atom is 0.255 e. The number of benzene rings is 1. The monoisotopic (exact) mass is 473 g/mol. The zero-order valence-electron chi connectivity index (χ0n) is 18.9. The van der Waals surface area contributed by atoms with Crippen molar-refractivity contribution < 1.29 is 14.0 Å². The quantitative estimate of drug-likeness (QED) is 0.518. The highest BCUT2D eigenvalue weighted by Crippen LogP contribution is 2.46. The fourth-order valence-corrected chi connectivity index (χ4v) is 5.64. The molecule has 0 saturated heterocycles. The lowest BCUT2D eigenvalue weighted by Gasteiger charge is -2.36. The van der Waals surface area contributed by atoms with Gasteiger partial charge in [0.05, 0.1) is 0 Å². The lowest BCUT2D eigenvalue weighted by molar-refractivity contribution is -0.116. The number of amides is 1. The zero-order valence-corrected chi connectivity index (χ0v) is 19.7. The number of dihydropyridines is 1. The molecule has 2 unspecified atom stereocenters. The van der Waals surface area contributed by atoms with Gasteiger partial charge in [-0.2, -0.15) is 0 Å². The Kier molecular flexibility index (Phi) is 5.87. The van der Waals surface area contributed by atoms with Crippen molar-refractivity contribution in [3.63, 3.8) is 0 Å². The lowest BCUT2D eigenvalue weighted by atomic mass is 9.72. The van der Waals surface area contributed by atoms with Crippen LogP contribution < -0.4 is 10.6 Å². The number of aromatic nitrogens is 1. The van der Waals surface area contributed by atoms with Gasteiger partial charge in [-0.05, 0) is 49.4 Å². The van der Waals surface area contributed by atoms with Gasteiger partial charge in [-0.1, -0.05) is 30.3 Å². The van der Waals surface area contributed by atoms with Gasteiger partial charge in [0.15, 0.2) is 5.78 Å². The van der Waals surface area contributed by atoms with Crippen molar-refractivity contribution in [2.45, 2.75) is 38.5 Å². The topological polar surface area (TPSA) is 71.1 Å². The molecule has 2 aromatic heterocycles. The van der Waals surface area contributed by atoms with Crippen LogP contribution in [0.4, 0.5) is 10.2 Å². The number of carbonyl (C=O) groups excluding carboxylic acids is 2. The number of carbonyl (C=O) groups is 2. The zero-order chi connectivity index (χ0) is 23.8. The second-order valence-corrected chi connectivity index (χ2v) is 9.71. The number of aryl methyl sites for hydroxylation is 1. The number of rotatable bonds is 4. The van der Waals surface area contributed by atoms with Gasteiger partial charge in [-0.15, -0.1) is 11.3 Å². The van der Waals surface area contributed by atoms with Crippen molar-refractivity contribution in [3.05, 3.63) is 104 Å². The van der Waals surface area contributed by atoms with E-state index in [0.29, 0.717) is 41.1 Å². The Hall–Kier alpha value is -3.58. The van der Waals surface area contributed by atoms with E-state index in [-0.39, 0.29) is 11.7 Å². The molecule has 0 spiro atoms. The van der Waals surface area contributed by atoms with Crippen LogP contribution in [-0.2, 0) is 9.59 Å². The Morgan fingerprint density at radius 2 is 1.94 bits per heavy atom. The first-order valence-electron chi connectivity index (χ1n) is 11.2. The number of anilines is 1. The molecular weight excluding hydrogens is 449 g/mol. The van der Waals surface area contributed by atoms with E-state index in [2.05, 4.69) is 15.6 Å². The predicted molar refractivity (Wildman–Crippen MR) is 131 cm³/mol. The first-order chi connectivity index (χ1) is 16.4. The second kappa shape index (κ2) is 8.99. The van der Waals surface area contributed by atoms with Crippen LogP contribution in [0.15, 0.2) is 82.6 Å². The summed E-state index contributed by atoms with van der Waals surface area (Å²) < 4.78 is 15.1. The van der Waals surface area contributed by atoms with Crippen molar-refractivity contribution in [3.8, 4) is 0 Å². The van der Waals surface area contributed by atoms with E-state index in [1.54, 1.807) is 48.7 Å². The van der Waals surface area contributed by atoms with Crippen LogP contribution in [0.3, 0.4) is 0 Å². The summed E-state index contributed by atoms with van der Waals surface area (Å²) in [4.78, 5) is 32.4. The van der Waals surface area contributed by atoms with Crippen molar-refractivity contribution in [1.82, 2.24) is 10.3 Å². The molecule has 7 heteroatoms. The molecule has 0 radical (unpaired) electrons. The molecule has 0 saturated carbocycles. The van der Waals surface area contributed by atoms with Crippen molar-refractivity contribution in [2.75, 3.05) is 5.32 Å². The third kappa shape index (κ3) is 4.07. The number of nitrogens with zero attached hydrogens (tertiary/aromatic N) is 1. The second-order valence-electron chi connectivity index (χ2n) is 8.73. The van der Waals surface area contributed by atoms with Gasteiger partial charge in [-0.3, -0.25) is 9.59 Å². The molecule has 0 fully saturated rings. The number of Topliss-reactive ketones (excluding diaryl/α,β-unsaturated/α-hetero) is 1. The van der Waals surface area contributed by atoms with Crippen LogP contribution in [0.5, 0.6) is 0 Å². The maximum absolute atomic E-state index is 15.1. The molecule has 3 aromatic rings. The van der Waals surface area contributed by atoms with Crippen LogP contribution in [0, 0.1) is 12.7 Å². The minimum absolute atomic E-state index is 0.0633. The smallest absolute Gasteiger partial charge is 0.255 e. The van der Waals surface area contributed by atoms with E-state index >= 15 is 4.39 Å². The van der Waals surface area contributed by atoms with Crippen LogP contribution in [-0.4, -0.2) is 16.7 Å². The molecule has 3 heterocycles. The first-order valence-corrected chi connectivity index (χ1v) is 12.1. The molecule has 34 heavy (non-hydrogen) atoms. The normalized spacial score (nSPS) is 20.1. The van der Waals surface area contributed by atoms with E-state index in [9.17, 15) is 9.59 Å². The number of halogens is 1. The number of hydrogen-bond acceptors (Lipinski definition) is 5. The van der Waals surface area contributed by atoms with E-state index in [0.717, 1.165) is 16.1 Å². The summed E-state index contributed by atoms with van der Waals surface area (Å²) in [6, 6.07) is 14.0. The number of allylic oxidation sites excluding steroid dienone is 3. The highest BCUT2D eigenvalue weighted by molar-refractivity contribution is 7.10. The van der Waals surface area contributed by atoms with E-state index in [1.807, 2.05) is 30.5 Å². The average Bonchev–Trinajstić information content (AvgIpc) is 3.35. The molecule has 2 atom stereocenters. The standard InChI is InChI=1S/C27H24FN3O2S/c1-15-9-10-23(29-14-15)31-27(33)24-16(2)30-20-12-17(22-8-5-11-34-22)13-21(32)26(20)25(24)18-6-3-4-7-19(18)28/h3-11,14,17,25,30H,12-13H2,1-2H3,(H,29,31,33). The SMILES string of the molecule is CC1=C(C(=O)Nc2ccc(C)cn2)C(c2ccccc2F)C2=C(CC(c3cccs3)CC2=O)N1. The third-order valence-corrected chi connectivity index (χ3v) is 7.42. The highest BCUT2D eigenvalue weighted by Gasteiger charge is 2.42. The van der Waals surface area contributed by atoms with Gasteiger partial charge in [0, 0.05) is 57.4 Å². The Labute approximate surface area is 201 Å². The molecule has 1 amide bonds. The molecule has 1 aromatic carbocycles. The Balaban J connectivity index is 1.57. The molecule has 172 valence electrons. The number of thiophene rings is 1. The van der Waals surface area contributed by atoms with Gasteiger partial charge in [-0.25, -0.2) is 9.37 Å². The summed E-state index contributed by atoms with van der Waals surface area (Å²) in [5, 5.41) is 8.16. The van der Waals surface area contributed by atoms with Crippen LogP contribution in [0.1, 0.15) is 47.6 Å². The summed E-state index contributed by atoms with van der Waals surface area (Å²) in [7, 11) is 0. The maximum atomic E-state index is 15.1. The summed E-state index contributed by atoms with van der Waals surface area (Å²) in [5.41, 5.74) is 3.47. The molecule has 2 N–H and O–H groups in total. The summed E-state index contributed by atoms with van der Waals surface area (Å²) in [6.45, 7) is 3.71. The Bertz CT molecular complexity index is 1330. The van der Waals surface area contributed by atoms with Gasteiger partial charge < -0.3 is 10.6 Å². The first kappa shape index (κ1) is 22.2. The molecule has 0 bridgehead atoms. The summed E-state index contributed by atoms with van der Waals surface area (Å²) in [6.07, 6.45) is 2.64. The minimum Gasteiger partial charge on any atom is -0.362 e. The Morgan fingerprint density at radius 1 is 1.12 bits per heavy atom. The fraction of sp³-hybridized carbons (Fsp3) is 0.222. The summed E-state index contributed by atoms with van der Waals surface area (Å²) >= 11 is 1.63. The number of ketones is 1. The molecule has 1 aliphatic carbocycles. The van der Waals surface area contributed by atoms with Crippen molar-refractivity contribution in [2.24, 2.45) is 0 Å². The van der Waals surface area contributed by atoms with E-state index < -0.39 is 17.6 Å². The molecule has 5 rings (SSSR count). The van der Waals surface area contributed by atoms with Gasteiger partial charge >= 0.3 is 0 Å². The predicted octanol–water partition coefficient (Wildman–Crippen LogP) is 5.59. The van der Waals surface area contributed by atoms with Crippen LogP contribution >= 0.6 is 11.3 Å². The third-order valence-electron chi connectivity index (χ3n) is 6.39. The largest absolute Gasteiger partial charge is 0.362 e. The average molecular weight is 474 g/mol. The fourth-order valence-electron chi connectivity index (χ4n) is 4.81. The van der Waals surface area contributed by atoms with Gasteiger partial charge in [0.1, 0.15) is 11.6 Å². The number of nitrogens with one attached hydrogen (secondary N) is 2. The highest BCUT2D eigenvalue weighted by atomic mass is 32.1. The van der Waals surface area contributed by atoms with E-state index in [4.69, 9.17) is 0 Å². The van der Waals surface area contributed by atoms with Crippen molar-refractivity contribution in [1.29, 1.82) is 0 Å². The summed E-state index contributed by atoms with van der Waals surface area (Å²) in [5.74, 6) is -1.24. The van der Waals surface area contributed by atoms with Crippen molar-refractivity contribution >= 4 is 28.8 Å². The molecule has 5 nitrogen and oxygen atoms in total. The van der Waals surface area contributed by atoms with Gasteiger partial charge in [0.25, 0.3) is 5.91 Å². The Morgan fingerprint density at radius 3 is 2.65 bits per heavy atom. The molecule has 1 aliphatic heterocycles. The van der Waals surface area contributed by atoms with E-state index in [1.165, 1.54) is 6.07 Å².